The van der Waals surface area contributed by atoms with Crippen LogP contribution >= 0.6 is 11.6 Å². The lowest BCUT2D eigenvalue weighted by atomic mass is 9.99. The van der Waals surface area contributed by atoms with Crippen molar-refractivity contribution in [1.82, 2.24) is 15.0 Å². The van der Waals surface area contributed by atoms with Gasteiger partial charge in [0.2, 0.25) is 0 Å². The monoisotopic (exact) mass is 476 g/mol. The first-order chi connectivity index (χ1) is 17.2. The summed E-state index contributed by atoms with van der Waals surface area (Å²) in [5.74, 6) is 2.07. The van der Waals surface area contributed by atoms with Crippen molar-refractivity contribution in [2.75, 3.05) is 23.7 Å². The molecule has 0 aliphatic heterocycles. The van der Waals surface area contributed by atoms with Gasteiger partial charge in [0.25, 0.3) is 0 Å². The zero-order chi connectivity index (χ0) is 24.0. The van der Waals surface area contributed by atoms with Gasteiger partial charge in [0.05, 0.1) is 11.1 Å². The molecule has 5 aromatic rings. The van der Waals surface area contributed by atoms with E-state index in [1.807, 2.05) is 60.7 Å². The van der Waals surface area contributed by atoms with Crippen LogP contribution in [0.1, 0.15) is 5.56 Å². The second-order valence-corrected chi connectivity index (χ2v) is 8.30. The van der Waals surface area contributed by atoms with Gasteiger partial charge in [0, 0.05) is 35.3 Å². The second-order valence-electron chi connectivity index (χ2n) is 7.87. The van der Waals surface area contributed by atoms with E-state index in [1.165, 1.54) is 0 Å². The van der Waals surface area contributed by atoms with Crippen molar-refractivity contribution in [2.24, 2.45) is 0 Å². The van der Waals surface area contributed by atoms with E-state index in [9.17, 15) is 0 Å². The Morgan fingerprint density at radius 1 is 0.800 bits per heavy atom. The van der Waals surface area contributed by atoms with Crippen LogP contribution in [-0.4, -0.2) is 28.0 Å². The number of hydrogen-bond acceptors (Lipinski definition) is 6. The number of nitrogens with zero attached hydrogens (tertiary/aromatic N) is 4. The maximum Gasteiger partial charge on any atom is 0.162 e. The second kappa shape index (κ2) is 10.2. The minimum absolute atomic E-state index is 0.532. The zero-order valence-electron chi connectivity index (χ0n) is 18.7. The van der Waals surface area contributed by atoms with Crippen LogP contribution in [-0.2, 0) is 0 Å². The first kappa shape index (κ1) is 22.3. The molecule has 0 fully saturated rings. The fraction of sp³-hybridized carbons (Fsp3) is 0.0714. The van der Waals surface area contributed by atoms with Gasteiger partial charge in [-0.05, 0) is 47.5 Å². The molecule has 0 unspecified atom stereocenters. The Balaban J connectivity index is 1.44. The van der Waals surface area contributed by atoms with Crippen molar-refractivity contribution in [1.29, 1.82) is 5.26 Å². The molecule has 0 spiro atoms. The van der Waals surface area contributed by atoms with Gasteiger partial charge in [0.15, 0.2) is 5.82 Å². The van der Waals surface area contributed by atoms with Crippen molar-refractivity contribution >= 4 is 34.1 Å². The van der Waals surface area contributed by atoms with Crippen LogP contribution in [0.2, 0.25) is 5.02 Å². The van der Waals surface area contributed by atoms with Crippen LogP contribution in [0.4, 0.5) is 11.6 Å². The first-order valence-electron chi connectivity index (χ1n) is 11.2. The third-order valence-corrected chi connectivity index (χ3v) is 5.76. The van der Waals surface area contributed by atoms with Crippen molar-refractivity contribution in [3.63, 3.8) is 0 Å². The highest BCUT2D eigenvalue weighted by Crippen LogP contribution is 2.34. The summed E-state index contributed by atoms with van der Waals surface area (Å²) >= 11 is 6.39. The van der Waals surface area contributed by atoms with E-state index in [0.29, 0.717) is 35.3 Å². The van der Waals surface area contributed by atoms with Gasteiger partial charge in [-0.3, -0.25) is 0 Å². The molecule has 0 saturated carbocycles. The zero-order valence-corrected chi connectivity index (χ0v) is 19.5. The molecule has 5 rings (SSSR count). The van der Waals surface area contributed by atoms with Gasteiger partial charge in [0.1, 0.15) is 17.7 Å². The molecule has 0 bridgehead atoms. The number of aromatic nitrogens is 3. The van der Waals surface area contributed by atoms with Crippen molar-refractivity contribution in [2.45, 2.75) is 0 Å². The van der Waals surface area contributed by atoms with E-state index in [0.717, 1.165) is 33.4 Å². The number of para-hydroxylation sites is 1. The minimum atomic E-state index is 0.532. The van der Waals surface area contributed by atoms with Crippen LogP contribution in [0.5, 0.6) is 0 Å². The minimum Gasteiger partial charge on any atom is -0.368 e. The van der Waals surface area contributed by atoms with E-state index >= 15 is 0 Å². The lowest BCUT2D eigenvalue weighted by molar-refractivity contribution is 1.04. The summed E-state index contributed by atoms with van der Waals surface area (Å²) in [7, 11) is 0. The molecule has 2 N–H and O–H groups in total. The summed E-state index contributed by atoms with van der Waals surface area (Å²) in [6, 6.07) is 29.5. The van der Waals surface area contributed by atoms with Crippen LogP contribution in [0.3, 0.4) is 0 Å². The molecule has 0 amide bonds. The maximum absolute atomic E-state index is 8.92. The topological polar surface area (TPSA) is 86.5 Å². The lowest BCUT2D eigenvalue weighted by Gasteiger charge is -2.14. The summed E-state index contributed by atoms with van der Waals surface area (Å²) in [6.45, 7) is 1.24. The number of pyridine rings is 1. The molecule has 0 aliphatic carbocycles. The fourth-order valence-corrected chi connectivity index (χ4v) is 4.01. The largest absolute Gasteiger partial charge is 0.368 e. The normalized spacial score (nSPS) is 10.6. The highest BCUT2D eigenvalue weighted by Gasteiger charge is 2.14. The summed E-state index contributed by atoms with van der Waals surface area (Å²) < 4.78 is 0. The summed E-state index contributed by atoms with van der Waals surface area (Å²) in [5.41, 5.74) is 4.34. The predicted molar refractivity (Wildman–Crippen MR) is 141 cm³/mol. The molecular weight excluding hydrogens is 456 g/mol. The van der Waals surface area contributed by atoms with E-state index in [4.69, 9.17) is 26.8 Å². The van der Waals surface area contributed by atoms with Crippen LogP contribution < -0.4 is 10.6 Å². The van der Waals surface area contributed by atoms with Gasteiger partial charge in [-0.25, -0.2) is 15.0 Å². The molecule has 3 aromatic carbocycles. The van der Waals surface area contributed by atoms with Gasteiger partial charge in [-0.15, -0.1) is 0 Å². The Bertz CT molecular complexity index is 1510. The molecule has 0 aliphatic rings. The van der Waals surface area contributed by atoms with E-state index in [1.54, 1.807) is 18.3 Å². The predicted octanol–water partition coefficient (Wildman–Crippen LogP) is 6.41. The van der Waals surface area contributed by atoms with Crippen molar-refractivity contribution in [3.8, 4) is 28.6 Å². The van der Waals surface area contributed by atoms with Crippen molar-refractivity contribution < 1.29 is 0 Å². The van der Waals surface area contributed by atoms with Gasteiger partial charge in [-0.2, -0.15) is 5.26 Å². The number of fused-ring (bicyclic) bond motifs is 1. The van der Waals surface area contributed by atoms with Crippen molar-refractivity contribution in [3.05, 3.63) is 102 Å². The quantitative estimate of drug-likeness (QED) is 0.264. The number of nitriles is 1. The van der Waals surface area contributed by atoms with Crippen LogP contribution in [0, 0.1) is 11.3 Å². The smallest absolute Gasteiger partial charge is 0.162 e. The van der Waals surface area contributed by atoms with E-state index in [-0.39, 0.29) is 0 Å². The van der Waals surface area contributed by atoms with E-state index < -0.39 is 0 Å². The Morgan fingerprint density at radius 2 is 1.60 bits per heavy atom. The highest BCUT2D eigenvalue weighted by molar-refractivity contribution is 6.31. The number of nitrogens with one attached hydrogen (secondary N) is 2. The summed E-state index contributed by atoms with van der Waals surface area (Å²) in [4.78, 5) is 14.0. The summed E-state index contributed by atoms with van der Waals surface area (Å²) in [5, 5.41) is 17.2. The van der Waals surface area contributed by atoms with Gasteiger partial charge < -0.3 is 10.6 Å². The Kier molecular flexibility index (Phi) is 6.51. The summed E-state index contributed by atoms with van der Waals surface area (Å²) in [6.07, 6.45) is 1.55. The van der Waals surface area contributed by atoms with Crippen LogP contribution in [0.15, 0.2) is 91.1 Å². The molecule has 6 nitrogen and oxygen atoms in total. The Hall–Kier alpha value is -4.47. The average Bonchev–Trinajstić information content (AvgIpc) is 2.91. The lowest BCUT2D eigenvalue weighted by Crippen LogP contribution is -2.15. The Morgan fingerprint density at radius 3 is 2.40 bits per heavy atom. The molecule has 0 saturated heterocycles. The van der Waals surface area contributed by atoms with E-state index in [2.05, 4.69) is 33.8 Å². The third kappa shape index (κ3) is 5.06. The Labute approximate surface area is 208 Å². The number of hydrogen-bond donors (Lipinski definition) is 2. The van der Waals surface area contributed by atoms with Crippen LogP contribution in [0.25, 0.3) is 33.4 Å². The molecule has 2 heterocycles. The number of rotatable bonds is 7. The standard InChI is InChI=1S/C28H21ClN6/c29-21-11-12-22(20-6-2-1-3-7-20)24(16-21)28-34-25-9-5-4-8-23(25)27(35-28)32-15-14-31-26-13-10-19(17-30)18-33-26/h1-13,16,18H,14-15H2,(H,31,33)(H,32,34,35). The fourth-order valence-electron chi connectivity index (χ4n) is 3.84. The molecular formula is C28H21ClN6. The highest BCUT2D eigenvalue weighted by atomic mass is 35.5. The SMILES string of the molecule is N#Cc1ccc(NCCNc2nc(-c3cc(Cl)ccc3-c3ccccc3)nc3ccccc23)nc1. The number of benzene rings is 3. The molecule has 2 aromatic heterocycles. The molecule has 0 atom stereocenters. The molecule has 7 heteroatoms. The molecule has 35 heavy (non-hydrogen) atoms. The number of anilines is 2. The first-order valence-corrected chi connectivity index (χ1v) is 11.5. The van der Waals surface area contributed by atoms with Gasteiger partial charge in [-0.1, -0.05) is 60.1 Å². The maximum atomic E-state index is 8.92. The number of halogens is 1. The molecule has 0 radical (unpaired) electrons. The van der Waals surface area contributed by atoms with Gasteiger partial charge >= 0.3 is 0 Å². The third-order valence-electron chi connectivity index (χ3n) is 5.53. The molecule has 170 valence electrons. The average molecular weight is 477 g/mol.